The Labute approximate surface area is 120 Å². The molecule has 20 heavy (non-hydrogen) atoms. The molecular formula is C17H22O3. The van der Waals surface area contributed by atoms with Crippen LogP contribution in [0.4, 0.5) is 0 Å². The summed E-state index contributed by atoms with van der Waals surface area (Å²) >= 11 is 0. The summed E-state index contributed by atoms with van der Waals surface area (Å²) in [5, 5.41) is 0. The summed E-state index contributed by atoms with van der Waals surface area (Å²) in [7, 11) is 0. The van der Waals surface area contributed by atoms with Gasteiger partial charge in [-0.05, 0) is 44.2 Å². The van der Waals surface area contributed by atoms with Gasteiger partial charge in [-0.2, -0.15) is 0 Å². The van der Waals surface area contributed by atoms with E-state index in [0.29, 0.717) is 18.8 Å². The van der Waals surface area contributed by atoms with Gasteiger partial charge in [-0.15, -0.1) is 0 Å². The minimum atomic E-state index is 0.127. The van der Waals surface area contributed by atoms with Crippen molar-refractivity contribution in [2.75, 3.05) is 6.61 Å². The summed E-state index contributed by atoms with van der Waals surface area (Å²) in [6.45, 7) is 2.77. The molecule has 2 saturated heterocycles. The van der Waals surface area contributed by atoms with Crippen LogP contribution < -0.4 is 4.74 Å². The molecule has 2 aliphatic rings. The molecule has 3 rings (SSSR count). The molecule has 0 saturated carbocycles. The lowest BCUT2D eigenvalue weighted by Gasteiger charge is -2.27. The van der Waals surface area contributed by atoms with Crippen LogP contribution >= 0.6 is 0 Å². The van der Waals surface area contributed by atoms with Gasteiger partial charge in [0, 0.05) is 11.5 Å². The highest BCUT2D eigenvalue weighted by atomic mass is 16.5. The smallest absolute Gasteiger partial charge is 0.166 e. The lowest BCUT2D eigenvalue weighted by atomic mass is 9.88. The standard InChI is InChI=1S/C17H22O3/c1-2-8-19-14-5-3-4-12(9-14)17(18)13-10-15-6-7-16(11-13)20-15/h3-5,9,13,15-16H,2,6-8,10-11H2,1H3. The Balaban J connectivity index is 1.70. The van der Waals surface area contributed by atoms with Crippen molar-refractivity contribution in [1.29, 1.82) is 0 Å². The SMILES string of the molecule is CCCOc1cccc(C(=O)C2CC3CCC(C2)O3)c1. The lowest BCUT2D eigenvalue weighted by molar-refractivity contribution is -0.0149. The van der Waals surface area contributed by atoms with Gasteiger partial charge < -0.3 is 9.47 Å². The fraction of sp³-hybridized carbons (Fsp3) is 0.588. The summed E-state index contributed by atoms with van der Waals surface area (Å²) < 4.78 is 11.4. The third-order valence-corrected chi connectivity index (χ3v) is 4.25. The molecule has 3 nitrogen and oxygen atoms in total. The number of ketones is 1. The maximum absolute atomic E-state index is 12.6. The normalized spacial score (nSPS) is 28.4. The van der Waals surface area contributed by atoms with E-state index in [1.807, 2.05) is 24.3 Å². The van der Waals surface area contributed by atoms with Crippen LogP contribution in [-0.2, 0) is 4.74 Å². The molecule has 108 valence electrons. The summed E-state index contributed by atoms with van der Waals surface area (Å²) in [6.07, 6.45) is 5.60. The third kappa shape index (κ3) is 2.88. The number of rotatable bonds is 5. The largest absolute Gasteiger partial charge is 0.494 e. The van der Waals surface area contributed by atoms with Crippen LogP contribution in [0.5, 0.6) is 5.75 Å². The monoisotopic (exact) mass is 274 g/mol. The van der Waals surface area contributed by atoms with Gasteiger partial charge in [0.1, 0.15) is 5.75 Å². The molecule has 0 amide bonds. The number of ether oxygens (including phenoxy) is 2. The number of Topliss-reactive ketones (excluding diaryl/α,β-unsaturated/α-hetero) is 1. The van der Waals surface area contributed by atoms with Gasteiger partial charge in [0.2, 0.25) is 0 Å². The first kappa shape index (κ1) is 13.6. The number of benzene rings is 1. The fourth-order valence-electron chi connectivity index (χ4n) is 3.27. The first-order valence-corrected chi connectivity index (χ1v) is 7.68. The van der Waals surface area contributed by atoms with Crippen molar-refractivity contribution in [3.05, 3.63) is 29.8 Å². The second-order valence-corrected chi connectivity index (χ2v) is 5.87. The van der Waals surface area contributed by atoms with E-state index in [1.165, 1.54) is 0 Å². The first-order chi connectivity index (χ1) is 9.76. The molecule has 2 atom stereocenters. The van der Waals surface area contributed by atoms with Crippen LogP contribution in [0.15, 0.2) is 24.3 Å². The second kappa shape index (κ2) is 5.96. The van der Waals surface area contributed by atoms with Crippen molar-refractivity contribution in [2.45, 2.75) is 51.2 Å². The minimum absolute atomic E-state index is 0.127. The number of hydrogen-bond donors (Lipinski definition) is 0. The fourth-order valence-corrected chi connectivity index (χ4v) is 3.27. The van der Waals surface area contributed by atoms with Crippen LogP contribution in [0.3, 0.4) is 0 Å². The van der Waals surface area contributed by atoms with Gasteiger partial charge in [0.15, 0.2) is 5.78 Å². The zero-order valence-electron chi connectivity index (χ0n) is 12.0. The van der Waals surface area contributed by atoms with Crippen LogP contribution in [0.1, 0.15) is 49.4 Å². The molecule has 2 bridgehead atoms. The number of carbonyl (C=O) groups excluding carboxylic acids is 1. The van der Waals surface area contributed by atoms with Gasteiger partial charge in [0.25, 0.3) is 0 Å². The molecule has 2 aliphatic heterocycles. The molecular weight excluding hydrogens is 252 g/mol. The zero-order valence-corrected chi connectivity index (χ0v) is 12.0. The highest BCUT2D eigenvalue weighted by Gasteiger charge is 2.38. The summed E-state index contributed by atoms with van der Waals surface area (Å²) in [5.41, 5.74) is 0.782. The van der Waals surface area contributed by atoms with Gasteiger partial charge in [-0.3, -0.25) is 4.79 Å². The van der Waals surface area contributed by atoms with Crippen LogP contribution in [0, 0.1) is 5.92 Å². The predicted molar refractivity (Wildman–Crippen MR) is 77.2 cm³/mol. The topological polar surface area (TPSA) is 35.5 Å². The lowest BCUT2D eigenvalue weighted by Crippen LogP contribution is -2.30. The minimum Gasteiger partial charge on any atom is -0.494 e. The Bertz CT molecular complexity index is 471. The quantitative estimate of drug-likeness (QED) is 0.769. The summed E-state index contributed by atoms with van der Waals surface area (Å²) in [6, 6.07) is 7.61. The van der Waals surface area contributed by atoms with Crippen molar-refractivity contribution in [3.63, 3.8) is 0 Å². The molecule has 0 aliphatic carbocycles. The Morgan fingerprint density at radius 2 is 2.05 bits per heavy atom. The maximum atomic E-state index is 12.6. The zero-order chi connectivity index (χ0) is 13.9. The molecule has 0 N–H and O–H groups in total. The van der Waals surface area contributed by atoms with Crippen molar-refractivity contribution in [1.82, 2.24) is 0 Å². The van der Waals surface area contributed by atoms with E-state index in [1.54, 1.807) is 0 Å². The van der Waals surface area contributed by atoms with Crippen molar-refractivity contribution < 1.29 is 14.3 Å². The van der Waals surface area contributed by atoms with Crippen molar-refractivity contribution in [2.24, 2.45) is 5.92 Å². The second-order valence-electron chi connectivity index (χ2n) is 5.87. The van der Waals surface area contributed by atoms with E-state index in [9.17, 15) is 4.79 Å². The molecule has 2 unspecified atom stereocenters. The average Bonchev–Trinajstić information content (AvgIpc) is 2.83. The van der Waals surface area contributed by atoms with Gasteiger partial charge in [-0.1, -0.05) is 19.1 Å². The van der Waals surface area contributed by atoms with Crippen LogP contribution in [0.25, 0.3) is 0 Å². The summed E-state index contributed by atoms with van der Waals surface area (Å²) in [5.74, 6) is 1.18. The molecule has 0 radical (unpaired) electrons. The Morgan fingerprint density at radius 3 is 2.75 bits per heavy atom. The molecule has 2 heterocycles. The van der Waals surface area contributed by atoms with Crippen LogP contribution in [-0.4, -0.2) is 24.6 Å². The van der Waals surface area contributed by atoms with E-state index < -0.39 is 0 Å². The Morgan fingerprint density at radius 1 is 1.30 bits per heavy atom. The molecule has 1 aromatic rings. The van der Waals surface area contributed by atoms with E-state index >= 15 is 0 Å². The third-order valence-electron chi connectivity index (χ3n) is 4.25. The number of carbonyl (C=O) groups is 1. The highest BCUT2D eigenvalue weighted by molar-refractivity contribution is 5.98. The molecule has 0 spiro atoms. The molecule has 3 heteroatoms. The van der Waals surface area contributed by atoms with Crippen molar-refractivity contribution in [3.8, 4) is 5.75 Å². The van der Waals surface area contributed by atoms with Crippen molar-refractivity contribution >= 4 is 5.78 Å². The Kier molecular flexibility index (Phi) is 4.06. The van der Waals surface area contributed by atoms with E-state index in [-0.39, 0.29) is 11.7 Å². The molecule has 0 aromatic heterocycles. The first-order valence-electron chi connectivity index (χ1n) is 7.68. The van der Waals surface area contributed by atoms with E-state index in [4.69, 9.17) is 9.47 Å². The van der Waals surface area contributed by atoms with E-state index in [0.717, 1.165) is 43.4 Å². The maximum Gasteiger partial charge on any atom is 0.166 e. The highest BCUT2D eigenvalue weighted by Crippen LogP contribution is 2.37. The van der Waals surface area contributed by atoms with Crippen LogP contribution in [0.2, 0.25) is 0 Å². The van der Waals surface area contributed by atoms with Gasteiger partial charge in [-0.25, -0.2) is 0 Å². The Hall–Kier alpha value is -1.35. The number of fused-ring (bicyclic) bond motifs is 2. The predicted octanol–water partition coefficient (Wildman–Crippen LogP) is 3.62. The van der Waals surface area contributed by atoms with E-state index in [2.05, 4.69) is 6.92 Å². The molecule has 1 aromatic carbocycles. The van der Waals surface area contributed by atoms with Gasteiger partial charge >= 0.3 is 0 Å². The van der Waals surface area contributed by atoms with Gasteiger partial charge in [0.05, 0.1) is 18.8 Å². The average molecular weight is 274 g/mol. The summed E-state index contributed by atoms with van der Waals surface area (Å²) in [4.78, 5) is 12.6. The molecule has 2 fully saturated rings. The number of hydrogen-bond acceptors (Lipinski definition) is 3.